The van der Waals surface area contributed by atoms with Crippen LogP contribution >= 0.6 is 7.82 Å². The second-order valence-electron chi connectivity index (χ2n) is 8.08. The van der Waals surface area contributed by atoms with Crippen LogP contribution in [0.5, 0.6) is 0 Å². The quantitative estimate of drug-likeness (QED) is 0.535. The summed E-state index contributed by atoms with van der Waals surface area (Å²) in [5, 5.41) is 0. The van der Waals surface area contributed by atoms with E-state index in [2.05, 4.69) is 0 Å². The van der Waals surface area contributed by atoms with E-state index in [1.165, 1.54) is 4.90 Å². The lowest BCUT2D eigenvalue weighted by Gasteiger charge is -2.40. The highest BCUT2D eigenvalue weighted by atomic mass is 31.2. The molecule has 1 amide bonds. The molecular weight excluding hydrogens is 405 g/mol. The fourth-order valence-corrected chi connectivity index (χ4v) is 4.03. The zero-order chi connectivity index (χ0) is 21.6. The number of phosphoric acid groups is 1. The molecule has 1 saturated heterocycles. The van der Waals surface area contributed by atoms with Gasteiger partial charge in [0.05, 0.1) is 26.3 Å². The molecule has 0 N–H and O–H groups in total. The van der Waals surface area contributed by atoms with Crippen LogP contribution in [0, 0.1) is 0 Å². The molecule has 8 heteroatoms. The van der Waals surface area contributed by atoms with Gasteiger partial charge in [-0.1, -0.05) is 60.7 Å². The van der Waals surface area contributed by atoms with Crippen molar-refractivity contribution in [3.8, 4) is 0 Å². The molecule has 1 fully saturated rings. The van der Waals surface area contributed by atoms with Gasteiger partial charge in [-0.05, 0) is 31.9 Å². The maximum Gasteiger partial charge on any atom is 0.475 e. The maximum atomic E-state index is 13.3. The van der Waals surface area contributed by atoms with Crippen molar-refractivity contribution in [1.29, 1.82) is 0 Å². The molecule has 2 aromatic rings. The summed E-state index contributed by atoms with van der Waals surface area (Å²) in [6.45, 7) is 6.14. The van der Waals surface area contributed by atoms with Crippen LogP contribution in [0.25, 0.3) is 0 Å². The zero-order valence-corrected chi connectivity index (χ0v) is 18.4. The first-order chi connectivity index (χ1) is 14.2. The Morgan fingerprint density at radius 1 is 0.933 bits per heavy atom. The van der Waals surface area contributed by atoms with Crippen LogP contribution in [-0.4, -0.2) is 35.8 Å². The number of amides is 1. The lowest BCUT2D eigenvalue weighted by Crippen LogP contribution is -2.55. The van der Waals surface area contributed by atoms with Gasteiger partial charge in [0.25, 0.3) is 0 Å². The fourth-order valence-electron chi connectivity index (χ4n) is 2.72. The Kier molecular flexibility index (Phi) is 7.32. The van der Waals surface area contributed by atoms with Gasteiger partial charge in [0.1, 0.15) is 11.7 Å². The van der Waals surface area contributed by atoms with E-state index in [9.17, 15) is 9.36 Å². The van der Waals surface area contributed by atoms with E-state index < -0.39 is 25.6 Å². The van der Waals surface area contributed by atoms with Crippen LogP contribution in [0.1, 0.15) is 31.9 Å². The van der Waals surface area contributed by atoms with E-state index >= 15 is 0 Å². The molecule has 1 heterocycles. The summed E-state index contributed by atoms with van der Waals surface area (Å²) in [5.74, 6) is 0. The van der Waals surface area contributed by atoms with Crippen LogP contribution in [0.15, 0.2) is 60.7 Å². The van der Waals surface area contributed by atoms with Gasteiger partial charge in [-0.25, -0.2) is 9.36 Å². The van der Waals surface area contributed by atoms with Crippen molar-refractivity contribution in [1.82, 2.24) is 4.90 Å². The van der Waals surface area contributed by atoms with Gasteiger partial charge in [-0.3, -0.25) is 13.6 Å². The first kappa shape index (κ1) is 22.5. The number of benzene rings is 2. The molecule has 0 saturated carbocycles. The number of carbonyl (C=O) groups is 1. The fraction of sp³-hybridized carbons (Fsp3) is 0.409. The van der Waals surface area contributed by atoms with E-state index in [-0.39, 0.29) is 26.3 Å². The SMILES string of the molecule is CC(C)(C)OC(=O)N1CC(OP(=O)(OCc2ccccc2)OCc2ccccc2)C1. The minimum Gasteiger partial charge on any atom is -0.444 e. The molecule has 0 unspecified atom stereocenters. The van der Waals surface area contributed by atoms with Crippen LogP contribution in [0.3, 0.4) is 0 Å². The molecule has 162 valence electrons. The van der Waals surface area contributed by atoms with E-state index in [0.717, 1.165) is 11.1 Å². The third-order valence-corrected chi connectivity index (χ3v) is 5.69. The van der Waals surface area contributed by atoms with Crippen LogP contribution in [0.4, 0.5) is 4.79 Å². The Bertz CT molecular complexity index is 815. The number of ether oxygens (including phenoxy) is 1. The van der Waals surface area contributed by atoms with Crippen molar-refractivity contribution >= 4 is 13.9 Å². The van der Waals surface area contributed by atoms with Crippen LogP contribution in [0.2, 0.25) is 0 Å². The Balaban J connectivity index is 1.58. The number of nitrogens with zero attached hydrogens (tertiary/aromatic N) is 1. The summed E-state index contributed by atoms with van der Waals surface area (Å²) in [4.78, 5) is 13.6. The summed E-state index contributed by atoms with van der Waals surface area (Å²) in [7, 11) is -3.85. The Hall–Kier alpha value is -2.18. The van der Waals surface area contributed by atoms with E-state index in [4.69, 9.17) is 18.3 Å². The molecular formula is C22H28NO6P. The van der Waals surface area contributed by atoms with Crippen molar-refractivity contribution in [3.05, 3.63) is 71.8 Å². The highest BCUT2D eigenvalue weighted by Gasteiger charge is 2.40. The summed E-state index contributed by atoms with van der Waals surface area (Å²) >= 11 is 0. The van der Waals surface area contributed by atoms with E-state index in [1.54, 1.807) is 0 Å². The lowest BCUT2D eigenvalue weighted by atomic mass is 10.2. The van der Waals surface area contributed by atoms with Gasteiger partial charge in [0.2, 0.25) is 0 Å². The lowest BCUT2D eigenvalue weighted by molar-refractivity contribution is -0.0369. The average molecular weight is 433 g/mol. The van der Waals surface area contributed by atoms with Crippen molar-refractivity contribution in [2.45, 2.75) is 45.7 Å². The minimum absolute atomic E-state index is 0.0927. The maximum absolute atomic E-state index is 13.3. The summed E-state index contributed by atoms with van der Waals surface area (Å²) in [6.07, 6.45) is -0.873. The standard InChI is InChI=1S/C22H28NO6P/c1-22(2,3)28-21(24)23-14-20(15-23)29-30(25,26-16-18-10-6-4-7-11-18)27-17-19-12-8-5-9-13-19/h4-13,20H,14-17H2,1-3H3. The molecule has 1 aliphatic rings. The highest BCUT2D eigenvalue weighted by molar-refractivity contribution is 7.48. The largest absolute Gasteiger partial charge is 0.475 e. The molecule has 0 atom stereocenters. The number of hydrogen-bond donors (Lipinski definition) is 0. The molecule has 30 heavy (non-hydrogen) atoms. The molecule has 0 aliphatic carbocycles. The van der Waals surface area contributed by atoms with Crippen LogP contribution in [-0.2, 0) is 36.1 Å². The molecule has 0 radical (unpaired) electrons. The minimum atomic E-state index is -3.85. The van der Waals surface area contributed by atoms with Gasteiger partial charge in [0.15, 0.2) is 0 Å². The number of rotatable bonds is 8. The molecule has 0 aromatic heterocycles. The van der Waals surface area contributed by atoms with Crippen molar-refractivity contribution in [2.24, 2.45) is 0 Å². The number of carbonyl (C=O) groups excluding carboxylic acids is 1. The van der Waals surface area contributed by atoms with E-state index in [0.29, 0.717) is 0 Å². The average Bonchev–Trinajstić information content (AvgIpc) is 2.68. The summed E-state index contributed by atoms with van der Waals surface area (Å²) in [6, 6.07) is 18.8. The Morgan fingerprint density at radius 2 is 1.40 bits per heavy atom. The molecule has 1 aliphatic heterocycles. The topological polar surface area (TPSA) is 74.3 Å². The van der Waals surface area contributed by atoms with Gasteiger partial charge >= 0.3 is 13.9 Å². The first-order valence-corrected chi connectivity index (χ1v) is 11.3. The molecule has 0 spiro atoms. The van der Waals surface area contributed by atoms with Crippen molar-refractivity contribution in [3.63, 3.8) is 0 Å². The second-order valence-corrected chi connectivity index (χ2v) is 9.70. The third kappa shape index (κ3) is 6.96. The third-order valence-electron chi connectivity index (χ3n) is 4.24. The van der Waals surface area contributed by atoms with Crippen molar-refractivity contribution < 1.29 is 27.7 Å². The van der Waals surface area contributed by atoms with Crippen molar-refractivity contribution in [2.75, 3.05) is 13.1 Å². The van der Waals surface area contributed by atoms with Gasteiger partial charge in [-0.15, -0.1) is 0 Å². The van der Waals surface area contributed by atoms with Crippen LogP contribution < -0.4 is 0 Å². The smallest absolute Gasteiger partial charge is 0.444 e. The Labute approximate surface area is 177 Å². The van der Waals surface area contributed by atoms with Gasteiger partial charge < -0.3 is 9.64 Å². The first-order valence-electron chi connectivity index (χ1n) is 9.86. The summed E-state index contributed by atoms with van der Waals surface area (Å²) in [5.41, 5.74) is 1.14. The highest BCUT2D eigenvalue weighted by Crippen LogP contribution is 2.53. The Morgan fingerprint density at radius 3 is 1.83 bits per heavy atom. The molecule has 7 nitrogen and oxygen atoms in total. The van der Waals surface area contributed by atoms with Gasteiger partial charge in [-0.2, -0.15) is 0 Å². The normalized spacial score (nSPS) is 15.0. The second kappa shape index (κ2) is 9.75. The molecule has 3 rings (SSSR count). The number of likely N-dealkylation sites (tertiary alicyclic amines) is 1. The number of hydrogen-bond acceptors (Lipinski definition) is 6. The molecule has 2 aromatic carbocycles. The zero-order valence-electron chi connectivity index (χ0n) is 17.5. The predicted octanol–water partition coefficient (Wildman–Crippen LogP) is 5.16. The molecule has 0 bridgehead atoms. The van der Waals surface area contributed by atoms with Gasteiger partial charge in [0, 0.05) is 0 Å². The summed E-state index contributed by atoms with van der Waals surface area (Å²) < 4.78 is 35.5. The number of phosphoric ester groups is 1. The monoisotopic (exact) mass is 433 g/mol. The predicted molar refractivity (Wildman–Crippen MR) is 113 cm³/mol. The van der Waals surface area contributed by atoms with E-state index in [1.807, 2.05) is 81.4 Å².